The molecule has 0 atom stereocenters. The minimum atomic E-state index is -4.75. The molecule has 0 spiro atoms. The lowest BCUT2D eigenvalue weighted by molar-refractivity contribution is -0.137. The van der Waals surface area contributed by atoms with Crippen LogP contribution in [-0.2, 0) is 16.2 Å². The van der Waals surface area contributed by atoms with Gasteiger partial charge >= 0.3 is 6.18 Å². The van der Waals surface area contributed by atoms with Crippen molar-refractivity contribution in [3.63, 3.8) is 0 Å². The van der Waals surface area contributed by atoms with Gasteiger partial charge < -0.3 is 9.64 Å². The molecule has 1 aliphatic heterocycles. The second-order valence-electron chi connectivity index (χ2n) is 7.63. The Hall–Kier alpha value is -2.46. The highest BCUT2D eigenvalue weighted by Crippen LogP contribution is 2.36. The Morgan fingerprint density at radius 3 is 2.41 bits per heavy atom. The van der Waals surface area contributed by atoms with Gasteiger partial charge in [-0.25, -0.2) is 8.42 Å². The number of benzene rings is 2. The first-order chi connectivity index (χ1) is 14.9. The van der Waals surface area contributed by atoms with Crippen molar-refractivity contribution in [3.8, 4) is 5.75 Å². The summed E-state index contributed by atoms with van der Waals surface area (Å²) in [4.78, 5) is 14.4. The molecule has 174 valence electrons. The Kier molecular flexibility index (Phi) is 6.94. The van der Waals surface area contributed by atoms with Crippen molar-refractivity contribution < 1.29 is 31.1 Å². The average molecular weight is 491 g/mol. The van der Waals surface area contributed by atoms with Crippen LogP contribution in [0.25, 0.3) is 0 Å². The van der Waals surface area contributed by atoms with Crippen LogP contribution in [0.3, 0.4) is 0 Å². The number of carbonyl (C=O) groups excluding carboxylic acids is 1. The van der Waals surface area contributed by atoms with Crippen LogP contribution in [0.4, 0.5) is 18.9 Å². The molecule has 2 aromatic carbocycles. The number of rotatable bonds is 5. The molecular formula is C21H22ClF3N2O4S. The summed E-state index contributed by atoms with van der Waals surface area (Å²) in [5.74, 6) is 0.341. The summed E-state index contributed by atoms with van der Waals surface area (Å²) >= 11 is 5.59. The minimum absolute atomic E-state index is 0.0667. The molecule has 0 saturated carbocycles. The zero-order valence-corrected chi connectivity index (χ0v) is 18.9. The van der Waals surface area contributed by atoms with Crippen molar-refractivity contribution in [2.75, 3.05) is 24.9 Å². The first-order valence-corrected chi connectivity index (χ1v) is 11.7. The van der Waals surface area contributed by atoms with Crippen LogP contribution in [0, 0.1) is 5.92 Å². The van der Waals surface area contributed by atoms with Gasteiger partial charge in [0, 0.05) is 18.8 Å². The SMILES string of the molecule is COc1ccc(S(=O)(=O)Nc2ccc(Cl)c(C(F)(F)F)c2)cc1C(=O)N1CCC(C)CC1. The van der Waals surface area contributed by atoms with Gasteiger partial charge in [-0.1, -0.05) is 18.5 Å². The second-order valence-corrected chi connectivity index (χ2v) is 9.72. The Labute approximate surface area is 189 Å². The van der Waals surface area contributed by atoms with E-state index >= 15 is 0 Å². The molecule has 1 amide bonds. The Bertz CT molecular complexity index is 1110. The number of alkyl halides is 3. The van der Waals surface area contributed by atoms with Gasteiger partial charge in [-0.3, -0.25) is 9.52 Å². The second kappa shape index (κ2) is 9.19. The van der Waals surface area contributed by atoms with Gasteiger partial charge in [0.15, 0.2) is 0 Å². The lowest BCUT2D eigenvalue weighted by Crippen LogP contribution is -2.38. The Morgan fingerprint density at radius 2 is 1.81 bits per heavy atom. The molecule has 0 aliphatic carbocycles. The third-order valence-corrected chi connectivity index (χ3v) is 7.02. The summed E-state index contributed by atoms with van der Waals surface area (Å²) in [5, 5.41) is -0.548. The van der Waals surface area contributed by atoms with Crippen molar-refractivity contribution in [3.05, 3.63) is 52.5 Å². The average Bonchev–Trinajstić information content (AvgIpc) is 2.73. The van der Waals surface area contributed by atoms with Crippen molar-refractivity contribution in [1.82, 2.24) is 4.90 Å². The summed E-state index contributed by atoms with van der Waals surface area (Å²) in [6, 6.07) is 6.43. The van der Waals surface area contributed by atoms with Gasteiger partial charge in [0.1, 0.15) is 5.75 Å². The van der Waals surface area contributed by atoms with E-state index in [1.807, 2.05) is 0 Å². The lowest BCUT2D eigenvalue weighted by atomic mass is 9.98. The van der Waals surface area contributed by atoms with E-state index in [-0.39, 0.29) is 27.8 Å². The summed E-state index contributed by atoms with van der Waals surface area (Å²) < 4.78 is 72.3. The summed E-state index contributed by atoms with van der Waals surface area (Å²) in [7, 11) is -2.93. The van der Waals surface area contributed by atoms with E-state index in [9.17, 15) is 26.4 Å². The standard InChI is InChI=1S/C21H22ClF3N2O4S/c1-13-7-9-27(10-8-13)20(28)16-12-15(4-6-19(16)31-2)32(29,30)26-14-3-5-18(22)17(11-14)21(23,24)25/h3-6,11-13,26H,7-10H2,1-2H3. The molecule has 6 nitrogen and oxygen atoms in total. The predicted molar refractivity (Wildman–Crippen MR) is 115 cm³/mol. The molecule has 1 N–H and O–H groups in total. The van der Waals surface area contributed by atoms with Gasteiger partial charge in [0.05, 0.1) is 28.2 Å². The lowest BCUT2D eigenvalue weighted by Gasteiger charge is -2.30. The van der Waals surface area contributed by atoms with Crippen molar-refractivity contribution >= 4 is 33.2 Å². The van der Waals surface area contributed by atoms with E-state index in [1.165, 1.54) is 25.3 Å². The monoisotopic (exact) mass is 490 g/mol. The van der Waals surface area contributed by atoms with E-state index in [2.05, 4.69) is 11.6 Å². The number of hydrogen-bond acceptors (Lipinski definition) is 4. The first kappa shape index (κ1) is 24.2. The van der Waals surface area contributed by atoms with Crippen LogP contribution in [0.15, 0.2) is 41.3 Å². The van der Waals surface area contributed by atoms with Gasteiger partial charge in [-0.2, -0.15) is 13.2 Å². The molecule has 0 unspecified atom stereocenters. The number of likely N-dealkylation sites (tertiary alicyclic amines) is 1. The number of halogens is 4. The van der Waals surface area contributed by atoms with Crippen LogP contribution in [0.2, 0.25) is 5.02 Å². The third-order valence-electron chi connectivity index (χ3n) is 5.31. The molecule has 1 fully saturated rings. The van der Waals surface area contributed by atoms with Crippen LogP contribution < -0.4 is 9.46 Å². The topological polar surface area (TPSA) is 75.7 Å². The number of piperidine rings is 1. The smallest absolute Gasteiger partial charge is 0.417 e. The van der Waals surface area contributed by atoms with Crippen molar-refractivity contribution in [1.29, 1.82) is 0 Å². The molecular weight excluding hydrogens is 469 g/mol. The van der Waals surface area contributed by atoms with E-state index in [4.69, 9.17) is 16.3 Å². The molecule has 3 rings (SSSR count). The number of carbonyl (C=O) groups is 1. The molecule has 32 heavy (non-hydrogen) atoms. The number of methoxy groups -OCH3 is 1. The molecule has 0 aromatic heterocycles. The largest absolute Gasteiger partial charge is 0.496 e. The van der Waals surface area contributed by atoms with Crippen LogP contribution >= 0.6 is 11.6 Å². The zero-order valence-electron chi connectivity index (χ0n) is 17.4. The minimum Gasteiger partial charge on any atom is -0.496 e. The van der Waals surface area contributed by atoms with Gasteiger partial charge in [0.25, 0.3) is 15.9 Å². The predicted octanol–water partition coefficient (Wildman–Crippen LogP) is 5.04. The third kappa shape index (κ3) is 5.29. The molecule has 11 heteroatoms. The highest BCUT2D eigenvalue weighted by atomic mass is 35.5. The Morgan fingerprint density at radius 1 is 1.16 bits per heavy atom. The quantitative estimate of drug-likeness (QED) is 0.637. The first-order valence-electron chi connectivity index (χ1n) is 9.79. The molecule has 2 aromatic rings. The summed E-state index contributed by atoms with van der Waals surface area (Å²) in [6.45, 7) is 3.19. The number of sulfonamides is 1. The van der Waals surface area contributed by atoms with Gasteiger partial charge in [0.2, 0.25) is 0 Å². The van der Waals surface area contributed by atoms with Crippen molar-refractivity contribution in [2.45, 2.75) is 30.8 Å². The number of nitrogens with one attached hydrogen (secondary N) is 1. The number of nitrogens with zero attached hydrogens (tertiary/aromatic N) is 1. The van der Waals surface area contributed by atoms with E-state index < -0.39 is 26.8 Å². The highest BCUT2D eigenvalue weighted by molar-refractivity contribution is 7.92. The van der Waals surface area contributed by atoms with Crippen LogP contribution in [0.1, 0.15) is 35.7 Å². The maximum absolute atomic E-state index is 13.1. The molecule has 1 heterocycles. The van der Waals surface area contributed by atoms with Crippen molar-refractivity contribution in [2.24, 2.45) is 5.92 Å². The fraction of sp³-hybridized carbons (Fsp3) is 0.381. The van der Waals surface area contributed by atoms with Crippen LogP contribution in [0.5, 0.6) is 5.75 Å². The van der Waals surface area contributed by atoms with Gasteiger partial charge in [-0.15, -0.1) is 0 Å². The zero-order chi connectivity index (χ0) is 23.7. The maximum Gasteiger partial charge on any atom is 0.417 e. The van der Waals surface area contributed by atoms with Crippen LogP contribution in [-0.4, -0.2) is 39.4 Å². The normalized spacial score (nSPS) is 15.5. The van der Waals surface area contributed by atoms with E-state index in [1.54, 1.807) is 4.90 Å². The maximum atomic E-state index is 13.1. The van der Waals surface area contributed by atoms with E-state index in [0.29, 0.717) is 25.1 Å². The highest BCUT2D eigenvalue weighted by Gasteiger charge is 2.34. The fourth-order valence-electron chi connectivity index (χ4n) is 3.42. The molecule has 1 aliphatic rings. The Balaban J connectivity index is 1.92. The summed E-state index contributed by atoms with van der Waals surface area (Å²) in [6.07, 6.45) is -3.07. The van der Waals surface area contributed by atoms with Gasteiger partial charge in [-0.05, 0) is 55.2 Å². The molecule has 0 bridgehead atoms. The number of hydrogen-bond donors (Lipinski definition) is 1. The molecule has 1 saturated heterocycles. The number of anilines is 1. The number of ether oxygens (including phenoxy) is 1. The summed E-state index contributed by atoms with van der Waals surface area (Å²) in [5.41, 5.74) is -1.41. The fourth-order valence-corrected chi connectivity index (χ4v) is 4.72. The van der Waals surface area contributed by atoms with E-state index in [0.717, 1.165) is 25.0 Å². The number of amides is 1. The molecule has 0 radical (unpaired) electrons.